The van der Waals surface area contributed by atoms with E-state index in [0.717, 1.165) is 39.0 Å². The normalized spacial score (nSPS) is 19.6. The van der Waals surface area contributed by atoms with Crippen molar-refractivity contribution in [3.8, 4) is 0 Å². The first kappa shape index (κ1) is 9.52. The molecule has 69 valence electrons. The van der Waals surface area contributed by atoms with Crippen molar-refractivity contribution in [2.75, 3.05) is 19.7 Å². The molecular formula is C9H16NO2. The Labute approximate surface area is 73.7 Å². The summed E-state index contributed by atoms with van der Waals surface area (Å²) in [5.74, 6) is 0. The predicted octanol–water partition coefficient (Wildman–Crippen LogP) is 0.945. The molecule has 3 nitrogen and oxygen atoms in total. The molecule has 1 saturated heterocycles. The number of hydrogen-bond donors (Lipinski definition) is 0. The molecule has 0 bridgehead atoms. The van der Waals surface area contributed by atoms with Gasteiger partial charge in [-0.2, -0.15) is 0 Å². The number of hydrogen-bond acceptors (Lipinski definition) is 2. The molecule has 12 heavy (non-hydrogen) atoms. The summed E-state index contributed by atoms with van der Waals surface area (Å²) in [6.45, 7) is 4.56. The summed E-state index contributed by atoms with van der Waals surface area (Å²) < 4.78 is 5.57. The van der Waals surface area contributed by atoms with Crippen LogP contribution in [0.2, 0.25) is 0 Å². The van der Waals surface area contributed by atoms with E-state index in [0.29, 0.717) is 6.10 Å². The van der Waals surface area contributed by atoms with Crippen LogP contribution in [0.25, 0.3) is 0 Å². The van der Waals surface area contributed by atoms with E-state index < -0.39 is 0 Å². The molecule has 1 heterocycles. The number of nitrogens with zero attached hydrogens (tertiary/aromatic N) is 1. The summed E-state index contributed by atoms with van der Waals surface area (Å²) in [4.78, 5) is 11.9. The summed E-state index contributed by atoms with van der Waals surface area (Å²) in [6.07, 6.45) is 5.28. The summed E-state index contributed by atoms with van der Waals surface area (Å²) in [6, 6.07) is 0. The van der Waals surface area contributed by atoms with Gasteiger partial charge in [-0.25, -0.2) is 0 Å². The van der Waals surface area contributed by atoms with Crippen molar-refractivity contribution < 1.29 is 9.53 Å². The summed E-state index contributed by atoms with van der Waals surface area (Å²) in [5.41, 5.74) is 0. The number of likely N-dealkylation sites (tertiary alicyclic amines) is 1. The first-order chi connectivity index (χ1) is 5.86. The largest absolute Gasteiger partial charge is 0.378 e. The van der Waals surface area contributed by atoms with Gasteiger partial charge in [-0.05, 0) is 19.3 Å². The van der Waals surface area contributed by atoms with E-state index in [1.54, 1.807) is 4.90 Å². The lowest BCUT2D eigenvalue weighted by atomic mass is 10.1. The zero-order valence-corrected chi connectivity index (χ0v) is 7.58. The Morgan fingerprint density at radius 2 is 2.17 bits per heavy atom. The van der Waals surface area contributed by atoms with Crippen molar-refractivity contribution in [2.24, 2.45) is 0 Å². The van der Waals surface area contributed by atoms with Crippen molar-refractivity contribution in [3.63, 3.8) is 0 Å². The third-order valence-corrected chi connectivity index (χ3v) is 2.13. The van der Waals surface area contributed by atoms with Gasteiger partial charge in [0.25, 0.3) is 0 Å². The molecule has 0 saturated carbocycles. The second-order valence-electron chi connectivity index (χ2n) is 3.15. The van der Waals surface area contributed by atoms with Crippen LogP contribution in [0.3, 0.4) is 0 Å². The van der Waals surface area contributed by atoms with E-state index in [9.17, 15) is 4.79 Å². The molecule has 1 aliphatic heterocycles. The number of amides is 1. The van der Waals surface area contributed by atoms with Crippen LogP contribution in [0.5, 0.6) is 0 Å². The van der Waals surface area contributed by atoms with E-state index in [1.807, 2.05) is 6.41 Å². The van der Waals surface area contributed by atoms with Crippen molar-refractivity contribution >= 4 is 6.41 Å². The smallest absolute Gasteiger partial charge is 0.312 e. The van der Waals surface area contributed by atoms with Gasteiger partial charge in [0.05, 0.1) is 6.10 Å². The molecule has 1 radical (unpaired) electrons. The van der Waals surface area contributed by atoms with Gasteiger partial charge in [0.2, 0.25) is 0 Å². The fraction of sp³-hybridized carbons (Fsp3) is 0.889. The standard InChI is InChI=1S/C9H16NO2/c1-2-7-12-9-3-5-10(8-11)6-4-9/h9H,2-7H2,1H3. The highest BCUT2D eigenvalue weighted by molar-refractivity contribution is 5.48. The fourth-order valence-electron chi connectivity index (χ4n) is 1.40. The van der Waals surface area contributed by atoms with Crippen LogP contribution in [0.1, 0.15) is 26.2 Å². The number of carbonyl (C=O) groups excluding carboxylic acids is 1. The number of rotatable bonds is 4. The minimum atomic E-state index is 0.370. The maximum Gasteiger partial charge on any atom is 0.312 e. The Bertz CT molecular complexity index is 130. The van der Waals surface area contributed by atoms with Crippen molar-refractivity contribution in [1.29, 1.82) is 0 Å². The van der Waals surface area contributed by atoms with Crippen LogP contribution in [0.4, 0.5) is 0 Å². The summed E-state index contributed by atoms with van der Waals surface area (Å²) in [5, 5.41) is 0. The van der Waals surface area contributed by atoms with Crippen LogP contribution >= 0.6 is 0 Å². The average molecular weight is 170 g/mol. The molecule has 1 rings (SSSR count). The van der Waals surface area contributed by atoms with E-state index >= 15 is 0 Å². The first-order valence-electron chi connectivity index (χ1n) is 4.61. The maximum absolute atomic E-state index is 10.2. The average Bonchev–Trinajstić information content (AvgIpc) is 2.15. The van der Waals surface area contributed by atoms with Gasteiger partial charge >= 0.3 is 6.41 Å². The molecule has 0 spiro atoms. The third-order valence-electron chi connectivity index (χ3n) is 2.13. The predicted molar refractivity (Wildman–Crippen MR) is 46.5 cm³/mol. The van der Waals surface area contributed by atoms with Crippen molar-refractivity contribution in [2.45, 2.75) is 32.3 Å². The molecule has 1 aliphatic rings. The Balaban J connectivity index is 2.12. The lowest BCUT2D eigenvalue weighted by Gasteiger charge is -2.28. The first-order valence-corrected chi connectivity index (χ1v) is 4.61. The van der Waals surface area contributed by atoms with Gasteiger partial charge in [-0.15, -0.1) is 0 Å². The van der Waals surface area contributed by atoms with Gasteiger partial charge in [-0.1, -0.05) is 6.92 Å². The second kappa shape index (κ2) is 5.14. The minimum absolute atomic E-state index is 0.370. The fourth-order valence-corrected chi connectivity index (χ4v) is 1.40. The lowest BCUT2D eigenvalue weighted by molar-refractivity contribution is 0.0194. The minimum Gasteiger partial charge on any atom is -0.378 e. The third kappa shape index (κ3) is 2.81. The molecule has 0 aliphatic carbocycles. The topological polar surface area (TPSA) is 29.5 Å². The van der Waals surface area contributed by atoms with Gasteiger partial charge in [-0.3, -0.25) is 4.79 Å². The van der Waals surface area contributed by atoms with E-state index in [1.165, 1.54) is 0 Å². The van der Waals surface area contributed by atoms with Crippen LogP contribution in [-0.2, 0) is 9.53 Å². The van der Waals surface area contributed by atoms with Crippen LogP contribution in [-0.4, -0.2) is 37.1 Å². The van der Waals surface area contributed by atoms with E-state index in [4.69, 9.17) is 4.74 Å². The number of ether oxygens (including phenoxy) is 1. The molecule has 0 N–H and O–H groups in total. The molecule has 1 amide bonds. The Morgan fingerprint density at radius 3 is 2.67 bits per heavy atom. The maximum atomic E-state index is 10.2. The molecule has 0 unspecified atom stereocenters. The molecular weight excluding hydrogens is 154 g/mol. The Morgan fingerprint density at radius 1 is 1.50 bits per heavy atom. The lowest BCUT2D eigenvalue weighted by Crippen LogP contribution is -2.36. The molecule has 1 fully saturated rings. The molecule has 0 aromatic heterocycles. The molecule has 0 atom stereocenters. The van der Waals surface area contributed by atoms with Crippen LogP contribution in [0, 0.1) is 0 Å². The second-order valence-corrected chi connectivity index (χ2v) is 3.15. The Hall–Kier alpha value is -0.570. The molecule has 3 heteroatoms. The van der Waals surface area contributed by atoms with Gasteiger partial charge in [0.15, 0.2) is 0 Å². The monoisotopic (exact) mass is 170 g/mol. The zero-order valence-electron chi connectivity index (χ0n) is 7.58. The highest BCUT2D eigenvalue weighted by Gasteiger charge is 2.18. The SMILES string of the molecule is CCCOC1CCN([C]=O)CC1. The number of piperidine rings is 1. The van der Waals surface area contributed by atoms with Gasteiger partial charge < -0.3 is 9.64 Å². The summed E-state index contributed by atoms with van der Waals surface area (Å²) in [7, 11) is 0. The van der Waals surface area contributed by atoms with Crippen LogP contribution in [0.15, 0.2) is 0 Å². The molecule has 0 aromatic rings. The van der Waals surface area contributed by atoms with Gasteiger partial charge in [0.1, 0.15) is 0 Å². The van der Waals surface area contributed by atoms with Crippen molar-refractivity contribution in [1.82, 2.24) is 4.90 Å². The van der Waals surface area contributed by atoms with E-state index in [-0.39, 0.29) is 0 Å². The molecule has 0 aromatic carbocycles. The van der Waals surface area contributed by atoms with Crippen LogP contribution < -0.4 is 0 Å². The highest BCUT2D eigenvalue weighted by Crippen LogP contribution is 2.12. The zero-order chi connectivity index (χ0) is 8.81. The summed E-state index contributed by atoms with van der Waals surface area (Å²) >= 11 is 0. The quantitative estimate of drug-likeness (QED) is 0.628. The Kier molecular flexibility index (Phi) is 4.08. The van der Waals surface area contributed by atoms with Gasteiger partial charge in [0, 0.05) is 19.7 Å². The van der Waals surface area contributed by atoms with Crippen molar-refractivity contribution in [3.05, 3.63) is 0 Å². The van der Waals surface area contributed by atoms with E-state index in [2.05, 4.69) is 6.92 Å². The highest BCUT2D eigenvalue weighted by atomic mass is 16.5.